The lowest BCUT2D eigenvalue weighted by molar-refractivity contribution is 0.0945. The molecule has 0 spiro atoms. The van der Waals surface area contributed by atoms with E-state index in [1.54, 1.807) is 16.7 Å². The molecule has 1 aromatic heterocycles. The maximum atomic E-state index is 14.1. The number of halogens is 2. The third kappa shape index (κ3) is 5.30. The van der Waals surface area contributed by atoms with Crippen LogP contribution in [-0.2, 0) is 6.54 Å². The van der Waals surface area contributed by atoms with Crippen molar-refractivity contribution in [1.29, 1.82) is 0 Å². The molecule has 0 saturated heterocycles. The van der Waals surface area contributed by atoms with Crippen molar-refractivity contribution in [2.24, 2.45) is 0 Å². The van der Waals surface area contributed by atoms with Gasteiger partial charge in [0.15, 0.2) is 16.8 Å². The molecule has 4 aromatic rings. The van der Waals surface area contributed by atoms with E-state index in [0.29, 0.717) is 16.5 Å². The first-order chi connectivity index (χ1) is 16.0. The van der Waals surface area contributed by atoms with E-state index in [9.17, 15) is 14.0 Å². The molecule has 1 amide bonds. The van der Waals surface area contributed by atoms with Crippen molar-refractivity contribution in [3.63, 3.8) is 0 Å². The summed E-state index contributed by atoms with van der Waals surface area (Å²) in [6, 6.07) is 22.4. The lowest BCUT2D eigenvalue weighted by Crippen LogP contribution is -2.26. The van der Waals surface area contributed by atoms with Gasteiger partial charge in [-0.05, 0) is 24.3 Å². The first-order valence-corrected chi connectivity index (χ1v) is 11.3. The van der Waals surface area contributed by atoms with E-state index in [1.807, 2.05) is 48.5 Å². The zero-order valence-corrected chi connectivity index (χ0v) is 18.8. The van der Waals surface area contributed by atoms with Crippen LogP contribution in [0.3, 0.4) is 0 Å². The average Bonchev–Trinajstić information content (AvgIpc) is 3.25. The van der Waals surface area contributed by atoms with Gasteiger partial charge in [-0.2, -0.15) is 0 Å². The van der Waals surface area contributed by atoms with Crippen LogP contribution in [0.2, 0.25) is 5.02 Å². The second-order valence-electron chi connectivity index (χ2n) is 6.93. The fourth-order valence-electron chi connectivity index (χ4n) is 3.14. The fraction of sp³-hybridized carbons (Fsp3) is 0.0833. The van der Waals surface area contributed by atoms with Gasteiger partial charge in [-0.1, -0.05) is 78.0 Å². The topological polar surface area (TPSA) is 76.9 Å². The fourth-order valence-corrected chi connectivity index (χ4v) is 4.26. The van der Waals surface area contributed by atoms with Gasteiger partial charge in [0.05, 0.1) is 22.9 Å². The number of hydrogen-bond donors (Lipinski definition) is 1. The van der Waals surface area contributed by atoms with E-state index in [2.05, 4.69) is 15.5 Å². The minimum absolute atomic E-state index is 0.0153. The number of benzene rings is 3. The summed E-state index contributed by atoms with van der Waals surface area (Å²) in [5.41, 5.74) is 1.16. The standard InChI is InChI=1S/C24H18ClFN4O2S/c25-18-12-7-13-19(26)22(18)23(32)27-14-21-28-29-24(30(21)17-10-5-2-6-11-17)33-15-20(31)16-8-3-1-4-9-16/h1-13H,14-15H2,(H,27,32). The molecule has 0 aliphatic carbocycles. The van der Waals surface area contributed by atoms with Crippen LogP contribution in [0.5, 0.6) is 0 Å². The summed E-state index contributed by atoms with van der Waals surface area (Å²) in [5.74, 6) is -0.801. The number of amides is 1. The Morgan fingerprint density at radius 2 is 1.64 bits per heavy atom. The normalized spacial score (nSPS) is 10.7. The van der Waals surface area contributed by atoms with Gasteiger partial charge in [0.1, 0.15) is 5.82 Å². The number of carbonyl (C=O) groups is 2. The number of para-hydroxylation sites is 1. The van der Waals surface area contributed by atoms with Gasteiger partial charge in [0.25, 0.3) is 5.91 Å². The van der Waals surface area contributed by atoms with Crippen LogP contribution >= 0.6 is 23.4 Å². The molecule has 4 rings (SSSR count). The molecule has 0 bridgehead atoms. The Kier molecular flexibility index (Phi) is 7.16. The Labute approximate surface area is 198 Å². The minimum atomic E-state index is -0.708. The van der Waals surface area contributed by atoms with E-state index in [1.165, 1.54) is 30.0 Å². The number of carbonyl (C=O) groups excluding carboxylic acids is 2. The van der Waals surface area contributed by atoms with Gasteiger partial charge in [0, 0.05) is 11.3 Å². The largest absolute Gasteiger partial charge is 0.345 e. The quantitative estimate of drug-likeness (QED) is 0.285. The number of nitrogens with zero attached hydrogens (tertiary/aromatic N) is 3. The molecule has 0 atom stereocenters. The zero-order valence-electron chi connectivity index (χ0n) is 17.2. The molecule has 166 valence electrons. The van der Waals surface area contributed by atoms with Crippen molar-refractivity contribution in [2.75, 3.05) is 5.75 Å². The van der Waals surface area contributed by atoms with Crippen molar-refractivity contribution in [2.45, 2.75) is 11.7 Å². The molecule has 0 unspecified atom stereocenters. The van der Waals surface area contributed by atoms with Gasteiger partial charge < -0.3 is 5.32 Å². The van der Waals surface area contributed by atoms with Crippen molar-refractivity contribution >= 4 is 35.1 Å². The molecule has 1 heterocycles. The smallest absolute Gasteiger partial charge is 0.256 e. The van der Waals surface area contributed by atoms with Crippen LogP contribution < -0.4 is 5.32 Å². The summed E-state index contributed by atoms with van der Waals surface area (Å²) in [6.07, 6.45) is 0. The first-order valence-electron chi connectivity index (χ1n) is 9.97. The third-order valence-corrected chi connectivity index (χ3v) is 5.98. The lowest BCUT2D eigenvalue weighted by atomic mass is 10.2. The Hall–Kier alpha value is -3.49. The summed E-state index contributed by atoms with van der Waals surface area (Å²) in [7, 11) is 0. The number of thioether (sulfide) groups is 1. The average molecular weight is 481 g/mol. The van der Waals surface area contributed by atoms with Crippen molar-refractivity contribution < 1.29 is 14.0 Å². The zero-order chi connectivity index (χ0) is 23.2. The molecule has 9 heteroatoms. The van der Waals surface area contributed by atoms with Crippen LogP contribution in [0.4, 0.5) is 4.39 Å². The SMILES string of the molecule is O=C(CSc1nnc(CNC(=O)c2c(F)cccc2Cl)n1-c1ccccc1)c1ccccc1. The van der Waals surface area contributed by atoms with E-state index in [-0.39, 0.29) is 28.7 Å². The van der Waals surface area contributed by atoms with Gasteiger partial charge in [-0.25, -0.2) is 4.39 Å². The highest BCUT2D eigenvalue weighted by Crippen LogP contribution is 2.24. The van der Waals surface area contributed by atoms with E-state index >= 15 is 0 Å². The summed E-state index contributed by atoms with van der Waals surface area (Å²) < 4.78 is 15.8. The molecular weight excluding hydrogens is 463 g/mol. The molecule has 0 radical (unpaired) electrons. The van der Waals surface area contributed by atoms with Crippen molar-refractivity contribution in [3.8, 4) is 5.69 Å². The molecule has 0 aliphatic rings. The first kappa shape index (κ1) is 22.7. The van der Waals surface area contributed by atoms with Crippen LogP contribution in [0.15, 0.2) is 84.0 Å². The predicted molar refractivity (Wildman–Crippen MR) is 125 cm³/mol. The molecule has 6 nitrogen and oxygen atoms in total. The van der Waals surface area contributed by atoms with Gasteiger partial charge in [0.2, 0.25) is 0 Å². The number of aromatic nitrogens is 3. The number of nitrogens with one attached hydrogen (secondary N) is 1. The second-order valence-corrected chi connectivity index (χ2v) is 8.28. The summed E-state index contributed by atoms with van der Waals surface area (Å²) >= 11 is 7.24. The monoisotopic (exact) mass is 480 g/mol. The van der Waals surface area contributed by atoms with Crippen LogP contribution in [0.1, 0.15) is 26.5 Å². The molecule has 0 fully saturated rings. The molecule has 1 N–H and O–H groups in total. The second kappa shape index (κ2) is 10.4. The summed E-state index contributed by atoms with van der Waals surface area (Å²) in [4.78, 5) is 25.1. The Bertz CT molecular complexity index is 1260. The molecule has 33 heavy (non-hydrogen) atoms. The number of hydrogen-bond acceptors (Lipinski definition) is 5. The maximum absolute atomic E-state index is 14.1. The van der Waals surface area contributed by atoms with Crippen molar-refractivity contribution in [1.82, 2.24) is 20.1 Å². The number of rotatable bonds is 8. The minimum Gasteiger partial charge on any atom is -0.345 e. The Morgan fingerprint density at radius 1 is 0.939 bits per heavy atom. The maximum Gasteiger partial charge on any atom is 0.256 e. The summed E-state index contributed by atoms with van der Waals surface area (Å²) in [5, 5.41) is 11.6. The van der Waals surface area contributed by atoms with Gasteiger partial charge >= 0.3 is 0 Å². The highest BCUT2D eigenvalue weighted by atomic mass is 35.5. The van der Waals surface area contributed by atoms with E-state index in [4.69, 9.17) is 11.6 Å². The molecule has 0 saturated carbocycles. The molecular formula is C24H18ClFN4O2S. The number of ketones is 1. The number of Topliss-reactive ketones (excluding diaryl/α,β-unsaturated/α-hetero) is 1. The predicted octanol–water partition coefficient (Wildman–Crippen LogP) is 4.96. The summed E-state index contributed by atoms with van der Waals surface area (Å²) in [6.45, 7) is -0.0153. The van der Waals surface area contributed by atoms with Crippen molar-refractivity contribution in [3.05, 3.63) is 107 Å². The highest BCUT2D eigenvalue weighted by Gasteiger charge is 2.19. The lowest BCUT2D eigenvalue weighted by Gasteiger charge is -2.11. The van der Waals surface area contributed by atoms with Crippen LogP contribution in [0.25, 0.3) is 5.69 Å². The van der Waals surface area contributed by atoms with Crippen LogP contribution in [-0.4, -0.2) is 32.2 Å². The molecule has 0 aliphatic heterocycles. The Balaban J connectivity index is 1.55. The highest BCUT2D eigenvalue weighted by molar-refractivity contribution is 7.99. The van der Waals surface area contributed by atoms with E-state index < -0.39 is 11.7 Å². The van der Waals surface area contributed by atoms with Gasteiger partial charge in [-0.15, -0.1) is 10.2 Å². The van der Waals surface area contributed by atoms with Crippen LogP contribution in [0, 0.1) is 5.82 Å². The molecule has 3 aromatic carbocycles. The van der Waals surface area contributed by atoms with E-state index in [0.717, 1.165) is 5.69 Å². The van der Waals surface area contributed by atoms with Gasteiger partial charge in [-0.3, -0.25) is 14.2 Å². The third-order valence-electron chi connectivity index (χ3n) is 4.74. The Morgan fingerprint density at radius 3 is 2.33 bits per heavy atom.